The summed E-state index contributed by atoms with van der Waals surface area (Å²) in [5.41, 5.74) is 6.24. The number of hydrogen-bond donors (Lipinski definition) is 1. The molecule has 2 atom stereocenters. The number of rotatable bonds is 7. The number of aryl methyl sites for hydroxylation is 1. The predicted octanol–water partition coefficient (Wildman–Crippen LogP) is 2.56. The lowest BCUT2D eigenvalue weighted by molar-refractivity contribution is 0.106. The smallest absolute Gasteiger partial charge is 0.0594 e. The fourth-order valence-corrected chi connectivity index (χ4v) is 3.60. The standard InChI is InChI=1S/C14H24N2OS/c1-10-4-7-13(18-10)14(11(2)15)16(8-9-17-3)12-5-6-12/h4,7,11-12,14H,5-6,8-9,15H2,1-3H3. The molecule has 0 aliphatic heterocycles. The molecule has 0 aromatic carbocycles. The average Bonchev–Trinajstić information content (AvgIpc) is 3.07. The van der Waals surface area contributed by atoms with Gasteiger partial charge in [0.25, 0.3) is 0 Å². The summed E-state index contributed by atoms with van der Waals surface area (Å²) >= 11 is 1.87. The van der Waals surface area contributed by atoms with Gasteiger partial charge in [0.05, 0.1) is 12.6 Å². The van der Waals surface area contributed by atoms with Crippen molar-refractivity contribution in [2.75, 3.05) is 20.3 Å². The van der Waals surface area contributed by atoms with Gasteiger partial charge in [-0.2, -0.15) is 0 Å². The van der Waals surface area contributed by atoms with Gasteiger partial charge in [-0.25, -0.2) is 0 Å². The van der Waals surface area contributed by atoms with Gasteiger partial charge in [0, 0.05) is 35.5 Å². The molecule has 102 valence electrons. The van der Waals surface area contributed by atoms with E-state index in [4.69, 9.17) is 10.5 Å². The van der Waals surface area contributed by atoms with Gasteiger partial charge < -0.3 is 10.5 Å². The molecule has 1 heterocycles. The molecule has 18 heavy (non-hydrogen) atoms. The molecule has 1 aliphatic rings. The van der Waals surface area contributed by atoms with Crippen LogP contribution in [0.25, 0.3) is 0 Å². The molecule has 0 radical (unpaired) electrons. The minimum Gasteiger partial charge on any atom is -0.383 e. The van der Waals surface area contributed by atoms with Crippen LogP contribution in [0.5, 0.6) is 0 Å². The summed E-state index contributed by atoms with van der Waals surface area (Å²) in [4.78, 5) is 5.29. The van der Waals surface area contributed by atoms with E-state index in [0.717, 1.165) is 13.2 Å². The fraction of sp³-hybridized carbons (Fsp3) is 0.714. The summed E-state index contributed by atoms with van der Waals surface area (Å²) in [7, 11) is 1.77. The molecular formula is C14H24N2OS. The van der Waals surface area contributed by atoms with E-state index in [1.165, 1.54) is 22.6 Å². The van der Waals surface area contributed by atoms with E-state index in [2.05, 4.69) is 30.9 Å². The third-order valence-corrected chi connectivity index (χ3v) is 4.55. The third-order valence-electron chi connectivity index (χ3n) is 3.48. The summed E-state index contributed by atoms with van der Waals surface area (Å²) in [6.45, 7) is 6.03. The highest BCUT2D eigenvalue weighted by atomic mass is 32.1. The molecule has 2 rings (SSSR count). The van der Waals surface area contributed by atoms with Crippen LogP contribution in [0.1, 0.15) is 35.6 Å². The normalized spacial score (nSPS) is 19.2. The van der Waals surface area contributed by atoms with E-state index in [1.807, 2.05) is 11.3 Å². The van der Waals surface area contributed by atoms with Gasteiger partial charge in [0.2, 0.25) is 0 Å². The monoisotopic (exact) mass is 268 g/mol. The van der Waals surface area contributed by atoms with Crippen LogP contribution in [0.4, 0.5) is 0 Å². The molecule has 4 heteroatoms. The molecule has 1 aromatic heterocycles. The zero-order valence-corrected chi connectivity index (χ0v) is 12.4. The highest BCUT2D eigenvalue weighted by Gasteiger charge is 2.36. The van der Waals surface area contributed by atoms with Crippen LogP contribution < -0.4 is 5.73 Å². The number of methoxy groups -OCH3 is 1. The van der Waals surface area contributed by atoms with Crippen molar-refractivity contribution in [3.63, 3.8) is 0 Å². The van der Waals surface area contributed by atoms with E-state index in [-0.39, 0.29) is 6.04 Å². The van der Waals surface area contributed by atoms with Crippen molar-refractivity contribution in [2.24, 2.45) is 5.73 Å². The third kappa shape index (κ3) is 3.32. The van der Waals surface area contributed by atoms with Crippen LogP contribution in [0.3, 0.4) is 0 Å². The molecule has 2 unspecified atom stereocenters. The van der Waals surface area contributed by atoms with Crippen molar-refractivity contribution in [3.8, 4) is 0 Å². The van der Waals surface area contributed by atoms with Crippen LogP contribution in [-0.4, -0.2) is 37.2 Å². The second-order valence-electron chi connectivity index (χ2n) is 5.21. The van der Waals surface area contributed by atoms with E-state index >= 15 is 0 Å². The van der Waals surface area contributed by atoms with Gasteiger partial charge in [-0.05, 0) is 38.8 Å². The maximum absolute atomic E-state index is 6.24. The first-order valence-electron chi connectivity index (χ1n) is 6.70. The van der Waals surface area contributed by atoms with Crippen LogP contribution in [0, 0.1) is 6.92 Å². The second kappa shape index (κ2) is 6.15. The van der Waals surface area contributed by atoms with Crippen molar-refractivity contribution in [1.29, 1.82) is 0 Å². The Kier molecular flexibility index (Phi) is 4.78. The first kappa shape index (κ1) is 14.0. The molecule has 1 aliphatic carbocycles. The van der Waals surface area contributed by atoms with Crippen molar-refractivity contribution < 1.29 is 4.74 Å². The number of nitrogens with two attached hydrogens (primary N) is 1. The summed E-state index contributed by atoms with van der Waals surface area (Å²) in [6, 6.07) is 5.62. The second-order valence-corrected chi connectivity index (χ2v) is 6.53. The van der Waals surface area contributed by atoms with Crippen molar-refractivity contribution in [3.05, 3.63) is 21.9 Å². The average molecular weight is 268 g/mol. The van der Waals surface area contributed by atoms with E-state index < -0.39 is 0 Å². The molecule has 0 spiro atoms. The lowest BCUT2D eigenvalue weighted by Gasteiger charge is -2.33. The quantitative estimate of drug-likeness (QED) is 0.826. The Morgan fingerprint density at radius 2 is 2.22 bits per heavy atom. The zero-order valence-electron chi connectivity index (χ0n) is 11.6. The topological polar surface area (TPSA) is 38.5 Å². The summed E-state index contributed by atoms with van der Waals surface area (Å²) in [5, 5.41) is 0. The van der Waals surface area contributed by atoms with Crippen LogP contribution >= 0.6 is 11.3 Å². The van der Waals surface area contributed by atoms with E-state index in [1.54, 1.807) is 7.11 Å². The lowest BCUT2D eigenvalue weighted by Crippen LogP contribution is -2.42. The summed E-state index contributed by atoms with van der Waals surface area (Å²) in [5.74, 6) is 0. The van der Waals surface area contributed by atoms with Gasteiger partial charge in [-0.3, -0.25) is 4.90 Å². The van der Waals surface area contributed by atoms with Gasteiger partial charge in [-0.15, -0.1) is 11.3 Å². The van der Waals surface area contributed by atoms with Crippen molar-refractivity contribution >= 4 is 11.3 Å². The summed E-state index contributed by atoms with van der Waals surface area (Å²) < 4.78 is 5.24. The van der Waals surface area contributed by atoms with Gasteiger partial charge in [0.15, 0.2) is 0 Å². The Labute approximate surface area is 114 Å². The zero-order chi connectivity index (χ0) is 13.1. The largest absolute Gasteiger partial charge is 0.383 e. The number of thiophene rings is 1. The minimum atomic E-state index is 0.153. The Bertz CT molecular complexity index is 374. The van der Waals surface area contributed by atoms with Gasteiger partial charge in [-0.1, -0.05) is 0 Å². The van der Waals surface area contributed by atoms with Crippen LogP contribution in [-0.2, 0) is 4.74 Å². The first-order chi connectivity index (χ1) is 8.63. The highest BCUT2D eigenvalue weighted by Crippen LogP contribution is 2.37. The van der Waals surface area contributed by atoms with E-state index in [0.29, 0.717) is 12.1 Å². The van der Waals surface area contributed by atoms with E-state index in [9.17, 15) is 0 Å². The van der Waals surface area contributed by atoms with Gasteiger partial charge >= 0.3 is 0 Å². The molecule has 3 nitrogen and oxygen atoms in total. The van der Waals surface area contributed by atoms with Crippen molar-refractivity contribution in [2.45, 2.75) is 44.8 Å². The molecular weight excluding hydrogens is 244 g/mol. The molecule has 2 N–H and O–H groups in total. The Balaban J connectivity index is 2.15. The Hall–Kier alpha value is -0.420. The molecule has 1 fully saturated rings. The number of nitrogens with zero attached hydrogens (tertiary/aromatic N) is 1. The predicted molar refractivity (Wildman–Crippen MR) is 77.1 cm³/mol. The minimum absolute atomic E-state index is 0.153. The Morgan fingerprint density at radius 1 is 1.50 bits per heavy atom. The SMILES string of the molecule is COCCN(C1CC1)C(c1ccc(C)s1)C(C)N. The highest BCUT2D eigenvalue weighted by molar-refractivity contribution is 7.12. The van der Waals surface area contributed by atoms with Crippen LogP contribution in [0.2, 0.25) is 0 Å². The number of ether oxygens (including phenoxy) is 1. The maximum atomic E-state index is 6.24. The van der Waals surface area contributed by atoms with Gasteiger partial charge in [0.1, 0.15) is 0 Å². The lowest BCUT2D eigenvalue weighted by atomic mass is 10.1. The molecule has 1 aromatic rings. The van der Waals surface area contributed by atoms with Crippen LogP contribution in [0.15, 0.2) is 12.1 Å². The number of hydrogen-bond acceptors (Lipinski definition) is 4. The molecule has 0 bridgehead atoms. The fourth-order valence-electron chi connectivity index (χ4n) is 2.49. The van der Waals surface area contributed by atoms with Crippen molar-refractivity contribution in [1.82, 2.24) is 4.90 Å². The Morgan fingerprint density at radius 3 is 2.67 bits per heavy atom. The summed E-state index contributed by atoms with van der Waals surface area (Å²) in [6.07, 6.45) is 2.61. The first-order valence-corrected chi connectivity index (χ1v) is 7.51. The molecule has 0 amide bonds. The molecule has 1 saturated carbocycles. The molecule has 0 saturated heterocycles. The maximum Gasteiger partial charge on any atom is 0.0594 e.